The number of anilines is 1. The van der Waals surface area contributed by atoms with Gasteiger partial charge in [0.1, 0.15) is 11.6 Å². The number of likely N-dealkylation sites (tertiary alicyclic amines) is 1. The quantitative estimate of drug-likeness (QED) is 0.368. The van der Waals surface area contributed by atoms with Crippen LogP contribution in [0.3, 0.4) is 0 Å². The lowest BCUT2D eigenvalue weighted by atomic mass is 9.70. The van der Waals surface area contributed by atoms with E-state index in [1.165, 1.54) is 9.80 Å². The molecule has 2 bridgehead atoms. The van der Waals surface area contributed by atoms with E-state index in [4.69, 9.17) is 16.3 Å². The van der Waals surface area contributed by atoms with Crippen LogP contribution in [-0.4, -0.2) is 74.7 Å². The van der Waals surface area contributed by atoms with Crippen molar-refractivity contribution in [2.45, 2.75) is 55.8 Å². The van der Waals surface area contributed by atoms with Crippen LogP contribution in [-0.2, 0) is 19.1 Å². The molecule has 3 aliphatic heterocycles. The average Bonchev–Trinajstić information content (AvgIpc) is 3.37. The number of alkyl halides is 1. The van der Waals surface area contributed by atoms with E-state index in [1.54, 1.807) is 18.2 Å². The number of carboxylic acids is 1. The Morgan fingerprint density at radius 3 is 2.66 bits per heavy atom. The van der Waals surface area contributed by atoms with Gasteiger partial charge in [-0.15, -0.1) is 6.58 Å². The fourth-order valence-electron chi connectivity index (χ4n) is 6.14. The molecule has 1 spiro atoms. The molecule has 1 aromatic carbocycles. The van der Waals surface area contributed by atoms with Crippen molar-refractivity contribution in [3.8, 4) is 0 Å². The van der Waals surface area contributed by atoms with Crippen LogP contribution >= 0.6 is 27.5 Å². The minimum absolute atomic E-state index is 0.123. The molecule has 0 aromatic heterocycles. The van der Waals surface area contributed by atoms with E-state index in [-0.39, 0.29) is 23.9 Å². The number of rotatable bonds is 8. The minimum Gasteiger partial charge on any atom is -0.481 e. The summed E-state index contributed by atoms with van der Waals surface area (Å²) in [5.74, 6) is -4.37. The summed E-state index contributed by atoms with van der Waals surface area (Å²) < 4.78 is 6.33. The molecule has 1 aromatic rings. The maximum atomic E-state index is 14.4. The Bertz CT molecular complexity index is 1050. The van der Waals surface area contributed by atoms with Gasteiger partial charge in [0.2, 0.25) is 5.91 Å². The summed E-state index contributed by atoms with van der Waals surface area (Å²) in [6, 6.07) is 3.47. The second kappa shape index (κ2) is 9.50. The predicted octanol–water partition coefficient (Wildman–Crippen LogP) is 3.02. The first-order valence-corrected chi connectivity index (χ1v) is 13.0. The highest BCUT2D eigenvalue weighted by atomic mass is 79.9. The van der Waals surface area contributed by atoms with Gasteiger partial charge in [0.15, 0.2) is 0 Å². The number of ether oxygens (including phenoxy) is 1. The number of nitrogens with zero attached hydrogens (tertiary/aromatic N) is 2. The number of benzene rings is 1. The average molecular weight is 570 g/mol. The summed E-state index contributed by atoms with van der Waals surface area (Å²) in [5, 5.41) is 20.7. The first kappa shape index (κ1) is 26.1. The van der Waals surface area contributed by atoms with Crippen LogP contribution in [0.4, 0.5) is 5.69 Å². The molecule has 0 radical (unpaired) electrons. The largest absolute Gasteiger partial charge is 0.481 e. The van der Waals surface area contributed by atoms with Crippen LogP contribution < -0.4 is 4.90 Å². The molecule has 3 unspecified atom stereocenters. The number of carbonyl (C=O) groups excluding carboxylic acids is 2. The molecule has 35 heavy (non-hydrogen) atoms. The first-order chi connectivity index (χ1) is 16.5. The number of hydrogen-bond acceptors (Lipinski definition) is 5. The summed E-state index contributed by atoms with van der Waals surface area (Å²) in [6.07, 6.45) is 1.13. The number of aryl methyl sites for hydroxylation is 1. The lowest BCUT2D eigenvalue weighted by molar-refractivity contribution is -0.151. The van der Waals surface area contributed by atoms with E-state index >= 15 is 0 Å². The minimum atomic E-state index is -1.34. The highest BCUT2D eigenvalue weighted by molar-refractivity contribution is 9.09. The molecule has 8 nitrogen and oxygen atoms in total. The maximum absolute atomic E-state index is 14.4. The van der Waals surface area contributed by atoms with Gasteiger partial charge in [0.05, 0.1) is 41.3 Å². The number of amides is 2. The molecule has 7 atom stereocenters. The molecule has 4 rings (SSSR count). The van der Waals surface area contributed by atoms with Crippen LogP contribution in [0.1, 0.15) is 25.8 Å². The van der Waals surface area contributed by atoms with Gasteiger partial charge in [-0.1, -0.05) is 59.6 Å². The summed E-state index contributed by atoms with van der Waals surface area (Å²) in [4.78, 5) is 43.2. The Morgan fingerprint density at radius 1 is 1.43 bits per heavy atom. The Kier molecular flexibility index (Phi) is 7.09. The number of para-hydroxylation sites is 1. The second-order valence-corrected chi connectivity index (χ2v) is 11.5. The number of hydrogen-bond donors (Lipinski definition) is 2. The Balaban J connectivity index is 1.90. The van der Waals surface area contributed by atoms with E-state index in [0.717, 1.165) is 5.56 Å². The zero-order valence-electron chi connectivity index (χ0n) is 19.9. The summed E-state index contributed by atoms with van der Waals surface area (Å²) >= 11 is 10.1. The molecule has 2 amide bonds. The number of aliphatic hydroxyl groups excluding tert-OH is 1. The van der Waals surface area contributed by atoms with Gasteiger partial charge in [-0.25, -0.2) is 0 Å². The van der Waals surface area contributed by atoms with E-state index < -0.39 is 53.4 Å². The smallest absolute Gasteiger partial charge is 0.310 e. The summed E-state index contributed by atoms with van der Waals surface area (Å²) in [5.41, 5.74) is -0.0832. The highest BCUT2D eigenvalue weighted by Crippen LogP contribution is 2.60. The van der Waals surface area contributed by atoms with Gasteiger partial charge in [-0.3, -0.25) is 14.4 Å². The van der Waals surface area contributed by atoms with Crippen LogP contribution in [0.2, 0.25) is 5.02 Å². The summed E-state index contributed by atoms with van der Waals surface area (Å²) in [6.45, 7) is 9.07. The number of aliphatic carboxylic acids is 1. The third kappa shape index (κ3) is 3.82. The van der Waals surface area contributed by atoms with Crippen LogP contribution in [0.15, 0.2) is 30.9 Å². The molecule has 10 heteroatoms. The number of fused-ring (bicyclic) bond motifs is 1. The van der Waals surface area contributed by atoms with Gasteiger partial charge in [-0.05, 0) is 30.9 Å². The number of aliphatic hydroxyl groups is 1. The van der Waals surface area contributed by atoms with Crippen molar-refractivity contribution in [2.24, 2.45) is 17.8 Å². The zero-order chi connectivity index (χ0) is 25.8. The van der Waals surface area contributed by atoms with Crippen molar-refractivity contribution in [2.75, 3.05) is 18.1 Å². The van der Waals surface area contributed by atoms with Crippen molar-refractivity contribution in [1.82, 2.24) is 4.90 Å². The van der Waals surface area contributed by atoms with Gasteiger partial charge in [0, 0.05) is 11.4 Å². The lowest BCUT2D eigenvalue weighted by Crippen LogP contribution is -2.60. The van der Waals surface area contributed by atoms with Crippen LogP contribution in [0.5, 0.6) is 0 Å². The zero-order valence-corrected chi connectivity index (χ0v) is 22.2. The van der Waals surface area contributed by atoms with Gasteiger partial charge < -0.3 is 24.7 Å². The number of halogens is 2. The number of carbonyl (C=O) groups is 3. The van der Waals surface area contributed by atoms with E-state index in [0.29, 0.717) is 17.1 Å². The Hall–Kier alpha value is -1.94. The molecular formula is C25H30BrClN2O6. The molecule has 2 N–H and O–H groups in total. The molecular weight excluding hydrogens is 540 g/mol. The van der Waals surface area contributed by atoms with E-state index in [2.05, 4.69) is 22.5 Å². The molecule has 3 aliphatic rings. The Morgan fingerprint density at radius 2 is 2.11 bits per heavy atom. The molecule has 0 aliphatic carbocycles. The van der Waals surface area contributed by atoms with Gasteiger partial charge in [-0.2, -0.15) is 0 Å². The molecule has 3 heterocycles. The normalized spacial score (nSPS) is 32.1. The molecule has 3 fully saturated rings. The van der Waals surface area contributed by atoms with Crippen molar-refractivity contribution in [3.63, 3.8) is 0 Å². The van der Waals surface area contributed by atoms with Crippen molar-refractivity contribution >= 4 is 51.0 Å². The highest BCUT2D eigenvalue weighted by Gasteiger charge is 2.77. The van der Waals surface area contributed by atoms with E-state index in [1.807, 2.05) is 26.8 Å². The third-order valence-electron chi connectivity index (χ3n) is 7.60. The molecule has 3 saturated heterocycles. The maximum Gasteiger partial charge on any atom is 0.310 e. The van der Waals surface area contributed by atoms with Crippen LogP contribution in [0.25, 0.3) is 0 Å². The van der Waals surface area contributed by atoms with E-state index in [9.17, 15) is 24.6 Å². The topological polar surface area (TPSA) is 107 Å². The predicted molar refractivity (Wildman–Crippen MR) is 135 cm³/mol. The Labute approximate surface area is 218 Å². The monoisotopic (exact) mass is 568 g/mol. The fourth-order valence-corrected chi connectivity index (χ4v) is 7.41. The van der Waals surface area contributed by atoms with Crippen LogP contribution in [0, 0.1) is 24.7 Å². The molecule has 190 valence electrons. The van der Waals surface area contributed by atoms with Gasteiger partial charge in [0.25, 0.3) is 5.91 Å². The van der Waals surface area contributed by atoms with Crippen molar-refractivity contribution in [1.29, 1.82) is 0 Å². The lowest BCUT2D eigenvalue weighted by Gasteiger charge is -2.40. The summed E-state index contributed by atoms with van der Waals surface area (Å²) in [7, 11) is 0. The number of carboxylic acid groups (broad SMARTS) is 1. The SMILES string of the molecule is C=CCN(C(=O)C1N([C@@H](CO)C(C)C)C(=O)[C@@H]2[C@@H](C(=O)O)[C@@H]3OC12CC3Br)c1c(C)cccc1Cl. The first-order valence-electron chi connectivity index (χ1n) is 11.7. The van der Waals surface area contributed by atoms with Gasteiger partial charge >= 0.3 is 5.97 Å². The van der Waals surface area contributed by atoms with Crippen molar-refractivity contribution in [3.05, 3.63) is 41.4 Å². The molecule has 0 saturated carbocycles. The second-order valence-electron chi connectivity index (χ2n) is 9.88. The standard InChI is InChI=1S/C25H30BrClN2O6/c1-5-9-28(19-13(4)7-6-8-15(19)27)23(32)21-25-10-14(26)20(35-25)17(24(33)34)18(25)22(31)29(21)16(11-30)12(2)3/h5-8,12,14,16-18,20-21,30H,1,9-11H2,2-4H3,(H,33,34)/t14?,16-,17+,18-,20+,21?,25?/m0/s1. The third-order valence-corrected chi connectivity index (χ3v) is 8.75. The van der Waals surface area contributed by atoms with Crippen molar-refractivity contribution < 1.29 is 29.3 Å². The fraction of sp³-hybridized carbons (Fsp3) is 0.560.